The molecule has 1 heteroatoms. The first-order valence-corrected chi connectivity index (χ1v) is 9.18. The summed E-state index contributed by atoms with van der Waals surface area (Å²) in [6, 6.07) is 0. The number of fused-ring (bicyclic) bond motifs is 1. The van der Waals surface area contributed by atoms with Crippen molar-refractivity contribution in [1.82, 2.24) is 0 Å². The average molecular weight is 268 g/mol. The van der Waals surface area contributed by atoms with Gasteiger partial charge in [0.1, 0.15) is 0 Å². The molecule has 18 heavy (non-hydrogen) atoms. The van der Waals surface area contributed by atoms with Crippen LogP contribution in [-0.4, -0.2) is 15.5 Å². The molecule has 0 aromatic carbocycles. The molecule has 1 saturated carbocycles. The van der Waals surface area contributed by atoms with E-state index in [-0.39, 0.29) is 7.92 Å². The first-order valence-electron chi connectivity index (χ1n) is 7.84. The quantitative estimate of drug-likeness (QED) is 0.460. The Morgan fingerprint density at radius 2 is 1.33 bits per heavy atom. The molecule has 0 radical (unpaired) electrons. The minimum Gasteiger partial charge on any atom is -0.0887 e. The Hall–Kier alpha value is 0.430. The summed E-state index contributed by atoms with van der Waals surface area (Å²) in [7, 11) is 0.0559. The molecule has 1 saturated heterocycles. The molecule has 2 fully saturated rings. The van der Waals surface area contributed by atoms with Gasteiger partial charge in [0.05, 0.1) is 0 Å². The maximum Gasteiger partial charge on any atom is -0.00595 e. The van der Waals surface area contributed by atoms with Crippen LogP contribution in [0.1, 0.15) is 87.0 Å². The van der Waals surface area contributed by atoms with E-state index in [0.29, 0.717) is 20.9 Å². The lowest BCUT2D eigenvalue weighted by molar-refractivity contribution is 0.116. The molecule has 2 rings (SSSR count). The van der Waals surface area contributed by atoms with Gasteiger partial charge in [0, 0.05) is 0 Å². The van der Waals surface area contributed by atoms with Gasteiger partial charge in [-0.3, -0.25) is 0 Å². The summed E-state index contributed by atoms with van der Waals surface area (Å²) in [5.41, 5.74) is 0.625. The molecule has 106 valence electrons. The third-order valence-corrected chi connectivity index (χ3v) is 10.5. The third-order valence-electron chi connectivity index (χ3n) is 6.00. The largest absolute Gasteiger partial charge is 0.0887 e. The standard InChI is InChI=1S/C17H33P/c1-14(2,3)18-15(4,5)12-13-16(6)10-8-9-11-17(16,18)7/h8-13H2,1-7H3/t16-,17+,18?/m0/s1. The van der Waals surface area contributed by atoms with Gasteiger partial charge >= 0.3 is 0 Å². The maximum absolute atomic E-state index is 2.66. The van der Waals surface area contributed by atoms with E-state index in [9.17, 15) is 0 Å². The molecule has 0 nitrogen and oxygen atoms in total. The lowest BCUT2D eigenvalue weighted by Crippen LogP contribution is -2.55. The van der Waals surface area contributed by atoms with Gasteiger partial charge in [0.2, 0.25) is 0 Å². The van der Waals surface area contributed by atoms with Gasteiger partial charge in [-0.15, -0.1) is 0 Å². The predicted molar refractivity (Wildman–Crippen MR) is 85.0 cm³/mol. The molecule has 1 aliphatic heterocycles. The fourth-order valence-corrected chi connectivity index (χ4v) is 11.5. The zero-order valence-corrected chi connectivity index (χ0v) is 14.6. The van der Waals surface area contributed by atoms with E-state index in [0.717, 1.165) is 0 Å². The summed E-state index contributed by atoms with van der Waals surface area (Å²) in [6.07, 6.45) is 8.81. The van der Waals surface area contributed by atoms with Crippen LogP contribution in [0.15, 0.2) is 0 Å². The molecule has 0 N–H and O–H groups in total. The Labute approximate surface area is 116 Å². The molecule has 0 aromatic rings. The molecule has 0 aromatic heterocycles. The van der Waals surface area contributed by atoms with Crippen LogP contribution in [0.5, 0.6) is 0 Å². The Bertz CT molecular complexity index is 325. The van der Waals surface area contributed by atoms with Crippen molar-refractivity contribution in [3.63, 3.8) is 0 Å². The molecule has 0 bridgehead atoms. The molecule has 1 aliphatic carbocycles. The predicted octanol–water partition coefficient (Wildman–Crippen LogP) is 6.18. The molecule has 2 aliphatic rings. The van der Waals surface area contributed by atoms with E-state index in [4.69, 9.17) is 0 Å². The van der Waals surface area contributed by atoms with Crippen molar-refractivity contribution in [2.75, 3.05) is 0 Å². The molecule has 3 atom stereocenters. The van der Waals surface area contributed by atoms with Crippen LogP contribution in [0.3, 0.4) is 0 Å². The Kier molecular flexibility index (Phi) is 3.47. The molecule has 0 amide bonds. The van der Waals surface area contributed by atoms with Crippen LogP contribution in [-0.2, 0) is 0 Å². The summed E-state index contributed by atoms with van der Waals surface area (Å²) < 4.78 is 0. The smallest absolute Gasteiger partial charge is 0.00595 e. The lowest BCUT2D eigenvalue weighted by Gasteiger charge is -2.66. The van der Waals surface area contributed by atoms with Crippen LogP contribution in [0.25, 0.3) is 0 Å². The molecule has 1 unspecified atom stereocenters. The second-order valence-electron chi connectivity index (χ2n) is 8.86. The molecule has 0 spiro atoms. The topological polar surface area (TPSA) is 0 Å². The summed E-state index contributed by atoms with van der Waals surface area (Å²) >= 11 is 0. The minimum absolute atomic E-state index is 0.0559. The molecular weight excluding hydrogens is 235 g/mol. The van der Waals surface area contributed by atoms with E-state index >= 15 is 0 Å². The third kappa shape index (κ3) is 2.07. The van der Waals surface area contributed by atoms with Crippen LogP contribution in [0.2, 0.25) is 0 Å². The van der Waals surface area contributed by atoms with Crippen molar-refractivity contribution < 1.29 is 0 Å². The van der Waals surface area contributed by atoms with Crippen molar-refractivity contribution in [3.8, 4) is 0 Å². The van der Waals surface area contributed by atoms with Crippen molar-refractivity contribution in [3.05, 3.63) is 0 Å². The van der Waals surface area contributed by atoms with Gasteiger partial charge in [0.15, 0.2) is 0 Å². The van der Waals surface area contributed by atoms with E-state index in [1.54, 1.807) is 0 Å². The highest BCUT2D eigenvalue weighted by molar-refractivity contribution is 7.62. The van der Waals surface area contributed by atoms with Crippen molar-refractivity contribution >= 4 is 7.92 Å². The van der Waals surface area contributed by atoms with Gasteiger partial charge in [-0.2, -0.15) is 0 Å². The lowest BCUT2D eigenvalue weighted by atomic mass is 9.64. The van der Waals surface area contributed by atoms with Gasteiger partial charge in [0.25, 0.3) is 0 Å². The number of rotatable bonds is 0. The summed E-state index contributed by atoms with van der Waals surface area (Å²) in [5, 5.41) is 1.67. The van der Waals surface area contributed by atoms with Crippen molar-refractivity contribution in [2.45, 2.75) is 102 Å². The Balaban J connectivity index is 2.49. The molecular formula is C17H33P. The number of hydrogen-bond acceptors (Lipinski definition) is 0. The normalized spacial score (nSPS) is 44.5. The van der Waals surface area contributed by atoms with Gasteiger partial charge in [-0.1, -0.05) is 69.2 Å². The van der Waals surface area contributed by atoms with Crippen LogP contribution >= 0.6 is 7.92 Å². The highest BCUT2D eigenvalue weighted by Crippen LogP contribution is 2.79. The fourth-order valence-electron chi connectivity index (χ4n) is 5.34. The zero-order valence-electron chi connectivity index (χ0n) is 13.7. The van der Waals surface area contributed by atoms with E-state index in [1.165, 1.54) is 38.5 Å². The van der Waals surface area contributed by atoms with Crippen molar-refractivity contribution in [1.29, 1.82) is 0 Å². The summed E-state index contributed by atoms with van der Waals surface area (Å²) in [6.45, 7) is 17.9. The van der Waals surface area contributed by atoms with E-state index in [2.05, 4.69) is 48.5 Å². The summed E-state index contributed by atoms with van der Waals surface area (Å²) in [5.74, 6) is 0. The highest BCUT2D eigenvalue weighted by Gasteiger charge is 2.60. The Morgan fingerprint density at radius 1 is 0.778 bits per heavy atom. The van der Waals surface area contributed by atoms with Crippen molar-refractivity contribution in [2.24, 2.45) is 5.41 Å². The van der Waals surface area contributed by atoms with Crippen LogP contribution in [0.4, 0.5) is 0 Å². The zero-order chi connectivity index (χ0) is 13.8. The van der Waals surface area contributed by atoms with Crippen LogP contribution < -0.4 is 0 Å². The van der Waals surface area contributed by atoms with E-state index < -0.39 is 0 Å². The Morgan fingerprint density at radius 3 is 1.89 bits per heavy atom. The summed E-state index contributed by atoms with van der Waals surface area (Å²) in [4.78, 5) is 0. The van der Waals surface area contributed by atoms with Gasteiger partial charge in [-0.25, -0.2) is 0 Å². The maximum atomic E-state index is 2.66. The molecule has 1 heterocycles. The van der Waals surface area contributed by atoms with Gasteiger partial charge < -0.3 is 0 Å². The number of hydrogen-bond donors (Lipinski definition) is 0. The van der Waals surface area contributed by atoms with E-state index in [1.807, 2.05) is 0 Å². The SMILES string of the molecule is CC(C)(C)P1C(C)(C)CC[C@]2(C)CCCC[C@@]12C. The average Bonchev–Trinajstić information content (AvgIpc) is 2.17. The minimum atomic E-state index is 0.0559. The van der Waals surface area contributed by atoms with Gasteiger partial charge in [-0.05, 0) is 46.6 Å². The van der Waals surface area contributed by atoms with Crippen LogP contribution in [0, 0.1) is 5.41 Å². The fraction of sp³-hybridized carbons (Fsp3) is 1.00. The highest BCUT2D eigenvalue weighted by atomic mass is 31.1. The second-order valence-corrected chi connectivity index (χ2v) is 13.1. The second kappa shape index (κ2) is 4.21. The monoisotopic (exact) mass is 268 g/mol. The first kappa shape index (κ1) is 14.8. The first-order chi connectivity index (χ1) is 8.03.